The van der Waals surface area contributed by atoms with E-state index < -0.39 is 21.8 Å². The molecule has 2 atom stereocenters. The van der Waals surface area contributed by atoms with Crippen LogP contribution in [0.5, 0.6) is 0 Å². The zero-order valence-corrected chi connectivity index (χ0v) is 16.9. The van der Waals surface area contributed by atoms with E-state index in [1.54, 1.807) is 0 Å². The van der Waals surface area contributed by atoms with Gasteiger partial charge >= 0.3 is 0 Å². The Balaban J connectivity index is 1.73. The highest BCUT2D eigenvalue weighted by molar-refractivity contribution is 7.89. The first-order chi connectivity index (χ1) is 13.2. The lowest BCUT2D eigenvalue weighted by Crippen LogP contribution is -2.48. The molecule has 9 nitrogen and oxygen atoms in total. The van der Waals surface area contributed by atoms with Gasteiger partial charge in [-0.2, -0.15) is 4.31 Å². The Morgan fingerprint density at radius 1 is 1.21 bits per heavy atom. The number of ether oxygens (including phenoxy) is 1. The summed E-state index contributed by atoms with van der Waals surface area (Å²) in [7, 11) is -3.68. The van der Waals surface area contributed by atoms with Gasteiger partial charge in [-0.1, -0.05) is 11.3 Å². The number of benzene rings is 1. The molecule has 3 rings (SSSR count). The molecule has 150 valence electrons. The van der Waals surface area contributed by atoms with Gasteiger partial charge in [0.25, 0.3) is 11.8 Å². The molecule has 1 saturated heterocycles. The van der Waals surface area contributed by atoms with Gasteiger partial charge in [0.05, 0.1) is 23.3 Å². The molecule has 1 fully saturated rings. The van der Waals surface area contributed by atoms with Gasteiger partial charge in [0, 0.05) is 18.7 Å². The second-order valence-electron chi connectivity index (χ2n) is 6.45. The normalized spacial score (nSPS) is 20.6. The number of hydrogen-bond acceptors (Lipinski definition) is 7. The van der Waals surface area contributed by atoms with Gasteiger partial charge in [-0.15, -0.1) is 0 Å². The zero-order chi connectivity index (χ0) is 20.5. The Morgan fingerprint density at radius 3 is 2.36 bits per heavy atom. The van der Waals surface area contributed by atoms with E-state index in [1.165, 1.54) is 34.8 Å². The van der Waals surface area contributed by atoms with Gasteiger partial charge in [-0.3, -0.25) is 14.9 Å². The number of anilines is 1. The summed E-state index contributed by atoms with van der Waals surface area (Å²) in [5.74, 6) is -1.10. The summed E-state index contributed by atoms with van der Waals surface area (Å²) in [4.78, 5) is 27.6. The molecular formula is C17H20N4O5S2. The number of amides is 2. The van der Waals surface area contributed by atoms with Crippen molar-refractivity contribution in [3.63, 3.8) is 0 Å². The van der Waals surface area contributed by atoms with E-state index in [9.17, 15) is 18.0 Å². The molecule has 1 aromatic heterocycles. The number of thiazole rings is 1. The molecular weight excluding hydrogens is 404 g/mol. The molecule has 0 bridgehead atoms. The Hall–Kier alpha value is -2.34. The number of nitrogens with zero attached hydrogens (tertiary/aromatic N) is 2. The highest BCUT2D eigenvalue weighted by Gasteiger charge is 2.32. The molecule has 0 aliphatic carbocycles. The van der Waals surface area contributed by atoms with Crippen molar-refractivity contribution in [2.45, 2.75) is 31.0 Å². The summed E-state index contributed by atoms with van der Waals surface area (Å²) < 4.78 is 32.6. The summed E-state index contributed by atoms with van der Waals surface area (Å²) in [5.41, 5.74) is 5.42. The lowest BCUT2D eigenvalue weighted by molar-refractivity contribution is -0.0440. The van der Waals surface area contributed by atoms with Crippen LogP contribution in [0, 0.1) is 0 Å². The smallest absolute Gasteiger partial charge is 0.260 e. The highest BCUT2D eigenvalue weighted by Crippen LogP contribution is 2.22. The number of rotatable bonds is 5. The largest absolute Gasteiger partial charge is 0.373 e. The van der Waals surface area contributed by atoms with Crippen LogP contribution in [0.1, 0.15) is 33.9 Å². The number of morpholine rings is 1. The van der Waals surface area contributed by atoms with Gasteiger partial charge < -0.3 is 10.5 Å². The second-order valence-corrected chi connectivity index (χ2v) is 9.42. The minimum atomic E-state index is -3.68. The average molecular weight is 425 g/mol. The number of primary amides is 1. The first-order valence-electron chi connectivity index (χ1n) is 8.49. The summed E-state index contributed by atoms with van der Waals surface area (Å²) in [6.45, 7) is 4.21. The molecule has 1 aliphatic rings. The summed E-state index contributed by atoms with van der Waals surface area (Å²) in [6.07, 6.45) is 0.905. The summed E-state index contributed by atoms with van der Waals surface area (Å²) in [5, 5.41) is 2.78. The van der Waals surface area contributed by atoms with Crippen molar-refractivity contribution in [3.05, 3.63) is 40.9 Å². The van der Waals surface area contributed by atoms with Crippen molar-refractivity contribution in [1.82, 2.24) is 9.29 Å². The molecule has 11 heteroatoms. The number of carbonyl (C=O) groups excluding carboxylic acids is 2. The molecule has 0 unspecified atom stereocenters. The zero-order valence-electron chi connectivity index (χ0n) is 15.3. The molecule has 0 radical (unpaired) electrons. The maximum absolute atomic E-state index is 12.8. The topological polar surface area (TPSA) is 132 Å². The van der Waals surface area contributed by atoms with Gasteiger partial charge in [-0.05, 0) is 38.1 Å². The van der Waals surface area contributed by atoms with Gasteiger partial charge in [-0.25, -0.2) is 13.4 Å². The lowest BCUT2D eigenvalue weighted by atomic mass is 10.2. The molecule has 2 aromatic rings. The molecule has 3 N–H and O–H groups in total. The predicted octanol–water partition coefficient (Wildman–Crippen LogP) is 1.29. The van der Waals surface area contributed by atoms with Gasteiger partial charge in [0.2, 0.25) is 10.0 Å². The maximum Gasteiger partial charge on any atom is 0.260 e. The van der Waals surface area contributed by atoms with Crippen LogP contribution in [0.15, 0.2) is 35.4 Å². The SMILES string of the molecule is C[C@H]1CN(S(=O)(=O)c2ccc(C(=O)Nc3ncc(C(N)=O)s3)cc2)C[C@H](C)O1. The number of carbonyl (C=O) groups is 2. The second kappa shape index (κ2) is 7.95. The first kappa shape index (κ1) is 20.4. The van der Waals surface area contributed by atoms with E-state index in [4.69, 9.17) is 10.5 Å². The van der Waals surface area contributed by atoms with Crippen LogP contribution in [0.3, 0.4) is 0 Å². The monoisotopic (exact) mass is 424 g/mol. The van der Waals surface area contributed by atoms with Gasteiger partial charge in [0.1, 0.15) is 4.88 Å². The standard InChI is InChI=1S/C17H20N4O5S2/c1-10-8-21(9-11(2)26-10)28(24,25)13-5-3-12(4-6-13)16(23)20-17-19-7-14(27-17)15(18)22/h3-7,10-11H,8-9H2,1-2H3,(H2,18,22)(H,19,20,23)/t10-,11-/m0/s1. The maximum atomic E-state index is 12.8. The van der Waals surface area contributed by atoms with Crippen LogP contribution >= 0.6 is 11.3 Å². The van der Waals surface area contributed by atoms with Crippen LogP contribution in [-0.4, -0.2) is 54.8 Å². The third-order valence-corrected chi connectivity index (χ3v) is 6.88. The lowest BCUT2D eigenvalue weighted by Gasteiger charge is -2.34. The Bertz CT molecular complexity index is 977. The van der Waals surface area contributed by atoms with Crippen LogP contribution in [-0.2, 0) is 14.8 Å². The fraction of sp³-hybridized carbons (Fsp3) is 0.353. The summed E-state index contributed by atoms with van der Waals surface area (Å²) >= 11 is 0.959. The van der Waals surface area contributed by atoms with Crippen LogP contribution in [0.4, 0.5) is 5.13 Å². The van der Waals surface area contributed by atoms with E-state index in [1.807, 2.05) is 13.8 Å². The van der Waals surface area contributed by atoms with Crippen LogP contribution in [0.2, 0.25) is 0 Å². The average Bonchev–Trinajstić information content (AvgIpc) is 3.10. The molecule has 2 heterocycles. The van der Waals surface area contributed by atoms with E-state index in [0.29, 0.717) is 0 Å². The van der Waals surface area contributed by atoms with Gasteiger partial charge in [0.15, 0.2) is 5.13 Å². The predicted molar refractivity (Wildman–Crippen MR) is 104 cm³/mol. The molecule has 0 spiro atoms. The van der Waals surface area contributed by atoms with E-state index in [2.05, 4.69) is 10.3 Å². The number of aromatic nitrogens is 1. The number of hydrogen-bond donors (Lipinski definition) is 2. The summed E-state index contributed by atoms with van der Waals surface area (Å²) in [6, 6.07) is 5.65. The third-order valence-electron chi connectivity index (χ3n) is 4.11. The number of sulfonamides is 1. The molecule has 0 saturated carbocycles. The Morgan fingerprint density at radius 2 is 1.82 bits per heavy atom. The number of nitrogens with two attached hydrogens (primary N) is 1. The molecule has 28 heavy (non-hydrogen) atoms. The van der Waals surface area contributed by atoms with Crippen molar-refractivity contribution < 1.29 is 22.7 Å². The van der Waals surface area contributed by atoms with Crippen molar-refractivity contribution in [1.29, 1.82) is 0 Å². The van der Waals surface area contributed by atoms with Crippen molar-refractivity contribution in [2.75, 3.05) is 18.4 Å². The fourth-order valence-corrected chi connectivity index (χ4v) is 5.12. The Kier molecular flexibility index (Phi) is 5.79. The van der Waals surface area contributed by atoms with Crippen molar-refractivity contribution in [3.8, 4) is 0 Å². The van der Waals surface area contributed by atoms with Crippen LogP contribution < -0.4 is 11.1 Å². The minimum absolute atomic E-state index is 0.107. The van der Waals surface area contributed by atoms with Crippen LogP contribution in [0.25, 0.3) is 0 Å². The Labute approximate surface area is 166 Å². The molecule has 1 aliphatic heterocycles. The van der Waals surface area contributed by atoms with E-state index >= 15 is 0 Å². The molecule has 2 amide bonds. The van der Waals surface area contributed by atoms with E-state index in [0.717, 1.165) is 11.3 Å². The fourth-order valence-electron chi connectivity index (χ4n) is 2.87. The molecule has 1 aromatic carbocycles. The van der Waals surface area contributed by atoms with Crippen molar-refractivity contribution >= 4 is 38.3 Å². The number of nitrogens with one attached hydrogen (secondary N) is 1. The first-order valence-corrected chi connectivity index (χ1v) is 10.7. The third kappa shape index (κ3) is 4.38. The minimum Gasteiger partial charge on any atom is -0.373 e. The highest BCUT2D eigenvalue weighted by atomic mass is 32.2. The van der Waals surface area contributed by atoms with E-state index in [-0.39, 0.29) is 45.8 Å². The van der Waals surface area contributed by atoms with Crippen molar-refractivity contribution in [2.24, 2.45) is 5.73 Å². The quantitative estimate of drug-likeness (QED) is 0.743.